The predicted molar refractivity (Wildman–Crippen MR) is 124 cm³/mol. The fourth-order valence-corrected chi connectivity index (χ4v) is 5.88. The van der Waals surface area contributed by atoms with E-state index in [-0.39, 0.29) is 22.7 Å². The fourth-order valence-electron chi connectivity index (χ4n) is 3.84. The van der Waals surface area contributed by atoms with E-state index < -0.39 is 9.84 Å². The Kier molecular flexibility index (Phi) is 6.14. The minimum atomic E-state index is -3.31. The lowest BCUT2D eigenvalue weighted by atomic mass is 10.1. The van der Waals surface area contributed by atoms with E-state index in [9.17, 15) is 13.2 Å². The lowest BCUT2D eigenvalue weighted by molar-refractivity contribution is 0.0917. The van der Waals surface area contributed by atoms with E-state index in [0.29, 0.717) is 23.8 Å². The van der Waals surface area contributed by atoms with E-state index in [4.69, 9.17) is 9.72 Å². The molecule has 0 spiro atoms. The van der Waals surface area contributed by atoms with Crippen LogP contribution in [0.5, 0.6) is 0 Å². The van der Waals surface area contributed by atoms with Gasteiger partial charge in [-0.25, -0.2) is 13.4 Å². The van der Waals surface area contributed by atoms with Crippen molar-refractivity contribution in [2.45, 2.75) is 44.6 Å². The number of carbonyl (C=O) groups is 1. The van der Waals surface area contributed by atoms with E-state index in [0.717, 1.165) is 34.2 Å². The van der Waals surface area contributed by atoms with Crippen LogP contribution >= 0.6 is 11.3 Å². The first-order valence-corrected chi connectivity index (χ1v) is 12.9. The van der Waals surface area contributed by atoms with Gasteiger partial charge in [0.05, 0.1) is 33.5 Å². The van der Waals surface area contributed by atoms with Gasteiger partial charge in [-0.05, 0) is 68.1 Å². The third-order valence-corrected chi connectivity index (χ3v) is 8.32. The van der Waals surface area contributed by atoms with Crippen molar-refractivity contribution < 1.29 is 17.9 Å². The average molecular weight is 459 g/mol. The first kappa shape index (κ1) is 21.9. The van der Waals surface area contributed by atoms with E-state index in [1.54, 1.807) is 24.0 Å². The second-order valence-corrected chi connectivity index (χ2v) is 11.2. The number of ether oxygens (including phenoxy) is 1. The van der Waals surface area contributed by atoms with Crippen LogP contribution in [0.2, 0.25) is 0 Å². The summed E-state index contributed by atoms with van der Waals surface area (Å²) in [5.74, 6) is -0.181. The van der Waals surface area contributed by atoms with Crippen molar-refractivity contribution in [2.75, 3.05) is 23.8 Å². The van der Waals surface area contributed by atoms with E-state index in [1.807, 2.05) is 13.8 Å². The number of rotatable bonds is 6. The zero-order chi connectivity index (χ0) is 22.2. The molecule has 0 bridgehead atoms. The second kappa shape index (κ2) is 8.68. The van der Waals surface area contributed by atoms with Gasteiger partial charge in [0.1, 0.15) is 0 Å². The monoisotopic (exact) mass is 458 g/mol. The predicted octanol–water partition coefficient (Wildman–Crippen LogP) is 4.53. The number of fused-ring (bicyclic) bond motifs is 1. The zero-order valence-corrected chi connectivity index (χ0v) is 19.6. The molecule has 31 heavy (non-hydrogen) atoms. The normalized spacial score (nSPS) is 16.7. The standard InChI is InChI=1S/C23H26N2O4S2/c1-4-31(27,28)19-9-7-17(8-10-19)22(26)25(14-18-6-5-11-29-18)23-24-21-16(3)12-15(2)13-20(21)30-23/h7-10,12-13,18H,4-6,11,14H2,1-3H3. The molecule has 0 saturated carbocycles. The van der Waals surface area contributed by atoms with Crippen molar-refractivity contribution in [3.63, 3.8) is 0 Å². The largest absolute Gasteiger partial charge is 0.376 e. The summed E-state index contributed by atoms with van der Waals surface area (Å²) < 4.78 is 31.0. The highest BCUT2D eigenvalue weighted by Crippen LogP contribution is 2.33. The molecule has 1 atom stereocenters. The Morgan fingerprint density at radius 3 is 2.61 bits per heavy atom. The molecule has 3 aromatic rings. The molecule has 6 nitrogen and oxygen atoms in total. The Labute approximate surface area is 186 Å². The minimum Gasteiger partial charge on any atom is -0.376 e. The van der Waals surface area contributed by atoms with Gasteiger partial charge in [-0.1, -0.05) is 24.3 Å². The van der Waals surface area contributed by atoms with Gasteiger partial charge in [-0.15, -0.1) is 0 Å². The average Bonchev–Trinajstić information content (AvgIpc) is 3.41. The highest BCUT2D eigenvalue weighted by atomic mass is 32.2. The molecular weight excluding hydrogens is 432 g/mol. The Balaban J connectivity index is 1.71. The maximum atomic E-state index is 13.5. The number of aryl methyl sites for hydroxylation is 2. The van der Waals surface area contributed by atoms with E-state index >= 15 is 0 Å². The lowest BCUT2D eigenvalue weighted by Gasteiger charge is -2.23. The summed E-state index contributed by atoms with van der Waals surface area (Å²) in [5.41, 5.74) is 3.57. The Bertz CT molecular complexity index is 1210. The quantitative estimate of drug-likeness (QED) is 0.542. The summed E-state index contributed by atoms with van der Waals surface area (Å²) in [6.07, 6.45) is 1.85. The van der Waals surface area contributed by atoms with Crippen molar-refractivity contribution in [1.82, 2.24) is 4.98 Å². The Hall–Kier alpha value is -2.29. The molecule has 0 N–H and O–H groups in total. The first-order chi connectivity index (χ1) is 14.8. The molecule has 164 valence electrons. The topological polar surface area (TPSA) is 76.6 Å². The number of hydrogen-bond donors (Lipinski definition) is 0. The maximum absolute atomic E-state index is 13.5. The first-order valence-electron chi connectivity index (χ1n) is 10.4. The summed E-state index contributed by atoms with van der Waals surface area (Å²) in [5, 5.41) is 0.634. The number of benzene rings is 2. The van der Waals surface area contributed by atoms with Gasteiger partial charge in [0.15, 0.2) is 15.0 Å². The lowest BCUT2D eigenvalue weighted by Crippen LogP contribution is -2.37. The van der Waals surface area contributed by atoms with Crippen molar-refractivity contribution in [3.05, 3.63) is 53.1 Å². The highest BCUT2D eigenvalue weighted by molar-refractivity contribution is 7.91. The van der Waals surface area contributed by atoms with Crippen LogP contribution in [0.15, 0.2) is 41.3 Å². The van der Waals surface area contributed by atoms with Crippen LogP contribution in [-0.4, -0.2) is 44.3 Å². The molecule has 4 rings (SSSR count). The van der Waals surface area contributed by atoms with Gasteiger partial charge in [-0.2, -0.15) is 0 Å². The van der Waals surface area contributed by atoms with Crippen LogP contribution in [-0.2, 0) is 14.6 Å². The SMILES string of the molecule is CCS(=O)(=O)c1ccc(C(=O)N(CC2CCCO2)c2nc3c(C)cc(C)cc3s2)cc1. The van der Waals surface area contributed by atoms with Gasteiger partial charge in [0.25, 0.3) is 5.91 Å². The molecule has 0 aliphatic carbocycles. The molecule has 1 aromatic heterocycles. The summed E-state index contributed by atoms with van der Waals surface area (Å²) in [6.45, 7) is 6.81. The molecule has 1 amide bonds. The second-order valence-electron chi connectivity index (χ2n) is 7.90. The van der Waals surface area contributed by atoms with Gasteiger partial charge in [0.2, 0.25) is 0 Å². The molecular formula is C23H26N2O4S2. The van der Waals surface area contributed by atoms with Crippen molar-refractivity contribution in [2.24, 2.45) is 0 Å². The zero-order valence-electron chi connectivity index (χ0n) is 17.9. The molecule has 2 aromatic carbocycles. The van der Waals surface area contributed by atoms with E-state index in [2.05, 4.69) is 12.1 Å². The van der Waals surface area contributed by atoms with Crippen molar-refractivity contribution >= 4 is 42.4 Å². The van der Waals surface area contributed by atoms with E-state index in [1.165, 1.54) is 23.5 Å². The molecule has 0 radical (unpaired) electrons. The number of carbonyl (C=O) groups excluding carboxylic acids is 1. The molecule has 1 aliphatic rings. The van der Waals surface area contributed by atoms with Crippen molar-refractivity contribution in [1.29, 1.82) is 0 Å². The Morgan fingerprint density at radius 2 is 1.97 bits per heavy atom. The fraction of sp³-hybridized carbons (Fsp3) is 0.391. The third kappa shape index (κ3) is 4.51. The molecule has 1 saturated heterocycles. The minimum absolute atomic E-state index is 0.0237. The number of amides is 1. The summed E-state index contributed by atoms with van der Waals surface area (Å²) in [7, 11) is -3.31. The van der Waals surface area contributed by atoms with Crippen LogP contribution in [0.25, 0.3) is 10.2 Å². The van der Waals surface area contributed by atoms with Gasteiger partial charge >= 0.3 is 0 Å². The van der Waals surface area contributed by atoms with Crippen LogP contribution < -0.4 is 4.90 Å². The molecule has 2 heterocycles. The molecule has 1 fully saturated rings. The molecule has 1 unspecified atom stereocenters. The summed E-state index contributed by atoms with van der Waals surface area (Å²) >= 11 is 1.49. The van der Waals surface area contributed by atoms with Gasteiger partial charge in [-0.3, -0.25) is 9.69 Å². The van der Waals surface area contributed by atoms with Crippen LogP contribution in [0.1, 0.15) is 41.3 Å². The molecule has 8 heteroatoms. The number of nitrogens with zero attached hydrogens (tertiary/aromatic N) is 2. The molecule has 1 aliphatic heterocycles. The number of thiazole rings is 1. The van der Waals surface area contributed by atoms with Gasteiger partial charge in [0, 0.05) is 12.2 Å². The number of anilines is 1. The summed E-state index contributed by atoms with van der Waals surface area (Å²) in [6, 6.07) is 10.3. The van der Waals surface area contributed by atoms with Gasteiger partial charge < -0.3 is 4.74 Å². The summed E-state index contributed by atoms with van der Waals surface area (Å²) in [4.78, 5) is 20.2. The smallest absolute Gasteiger partial charge is 0.260 e. The maximum Gasteiger partial charge on any atom is 0.260 e. The van der Waals surface area contributed by atoms with Crippen LogP contribution in [0.3, 0.4) is 0 Å². The van der Waals surface area contributed by atoms with Crippen molar-refractivity contribution in [3.8, 4) is 0 Å². The van der Waals surface area contributed by atoms with Crippen LogP contribution in [0.4, 0.5) is 5.13 Å². The number of hydrogen-bond acceptors (Lipinski definition) is 6. The number of aromatic nitrogens is 1. The Morgan fingerprint density at radius 1 is 1.23 bits per heavy atom. The highest BCUT2D eigenvalue weighted by Gasteiger charge is 2.27. The third-order valence-electron chi connectivity index (χ3n) is 5.55. The number of sulfone groups is 1. The van der Waals surface area contributed by atoms with Crippen LogP contribution in [0, 0.1) is 13.8 Å².